The van der Waals surface area contributed by atoms with Crippen LogP contribution in [0.2, 0.25) is 0 Å². The van der Waals surface area contributed by atoms with E-state index in [4.69, 9.17) is 0 Å². The second-order valence-electron chi connectivity index (χ2n) is 7.09. The van der Waals surface area contributed by atoms with Gasteiger partial charge in [-0.15, -0.1) is 0 Å². The molecule has 1 aliphatic rings. The summed E-state index contributed by atoms with van der Waals surface area (Å²) in [5.74, 6) is -0.367. The van der Waals surface area contributed by atoms with Crippen LogP contribution in [-0.2, 0) is 11.2 Å². The van der Waals surface area contributed by atoms with Gasteiger partial charge in [0.25, 0.3) is 0 Å². The number of alkyl halides is 3. The van der Waals surface area contributed by atoms with E-state index in [0.717, 1.165) is 36.1 Å². The third-order valence-electron chi connectivity index (χ3n) is 5.10. The third kappa shape index (κ3) is 4.43. The molecule has 0 unspecified atom stereocenters. The van der Waals surface area contributed by atoms with Crippen LogP contribution in [0.5, 0.6) is 0 Å². The highest BCUT2D eigenvalue weighted by Gasteiger charge is 2.48. The molecule has 1 heterocycles. The topological polar surface area (TPSA) is 32.3 Å². The van der Waals surface area contributed by atoms with Gasteiger partial charge in [-0.3, -0.25) is 10.2 Å². The fourth-order valence-corrected chi connectivity index (χ4v) is 3.81. The summed E-state index contributed by atoms with van der Waals surface area (Å²) >= 11 is 0. The van der Waals surface area contributed by atoms with E-state index < -0.39 is 12.2 Å². The zero-order chi connectivity index (χ0) is 19.4. The summed E-state index contributed by atoms with van der Waals surface area (Å²) in [6, 6.07) is 9.04. The molecule has 2 aromatic rings. The average molecular weight is 378 g/mol. The van der Waals surface area contributed by atoms with Gasteiger partial charge in [0.1, 0.15) is 0 Å². The smallest absolute Gasteiger partial charge is 0.288 e. The molecule has 146 valence electrons. The Morgan fingerprint density at radius 2 is 1.89 bits per heavy atom. The Balaban J connectivity index is 2.08. The second kappa shape index (κ2) is 8.30. The van der Waals surface area contributed by atoms with Crippen LogP contribution in [-0.4, -0.2) is 23.6 Å². The van der Waals surface area contributed by atoms with Crippen molar-refractivity contribution in [2.45, 2.75) is 57.7 Å². The van der Waals surface area contributed by atoms with Crippen LogP contribution < -0.4 is 5.43 Å². The summed E-state index contributed by atoms with van der Waals surface area (Å²) < 4.78 is 42.4. The Morgan fingerprint density at radius 3 is 2.56 bits per heavy atom. The van der Waals surface area contributed by atoms with E-state index >= 15 is 0 Å². The van der Waals surface area contributed by atoms with Crippen molar-refractivity contribution < 1.29 is 18.0 Å². The highest BCUT2D eigenvalue weighted by molar-refractivity contribution is 5.87. The number of carbonyl (C=O) groups excluding carboxylic acids is 1. The first-order chi connectivity index (χ1) is 12.9. The number of fused-ring (bicyclic) bond motifs is 1. The minimum Gasteiger partial charge on any atom is -0.288 e. The fraction of sp³-hybridized carbons (Fsp3) is 0.476. The molecule has 0 spiro atoms. The Kier molecular flexibility index (Phi) is 6.05. The predicted molar refractivity (Wildman–Crippen MR) is 100 cm³/mol. The minimum atomic E-state index is -4.49. The number of aryl methyl sites for hydroxylation is 1. The molecule has 27 heavy (non-hydrogen) atoms. The number of nitrogens with zero attached hydrogens (tertiary/aromatic N) is 1. The number of benzene rings is 2. The van der Waals surface area contributed by atoms with E-state index in [9.17, 15) is 18.0 Å². The molecular formula is C21H25F3N2O. The van der Waals surface area contributed by atoms with Gasteiger partial charge in [0.2, 0.25) is 5.91 Å². The van der Waals surface area contributed by atoms with Crippen LogP contribution in [0.1, 0.15) is 56.2 Å². The van der Waals surface area contributed by atoms with Crippen LogP contribution in [0.4, 0.5) is 13.2 Å². The SMILES string of the molecule is CCCCCCc1ccc2ccccc2c1[C@H](N1CCC(=O)N1)C(F)(F)F. The predicted octanol–water partition coefficient (Wildman–Crippen LogP) is 5.30. The van der Waals surface area contributed by atoms with E-state index in [1.807, 2.05) is 24.3 Å². The first kappa shape index (κ1) is 19.7. The van der Waals surface area contributed by atoms with Crippen LogP contribution in [0.25, 0.3) is 10.8 Å². The van der Waals surface area contributed by atoms with Crippen molar-refractivity contribution in [1.82, 2.24) is 10.4 Å². The second-order valence-corrected chi connectivity index (χ2v) is 7.09. The van der Waals surface area contributed by atoms with Gasteiger partial charge in [0, 0.05) is 13.0 Å². The van der Waals surface area contributed by atoms with Crippen LogP contribution >= 0.6 is 0 Å². The maximum Gasteiger partial charge on any atom is 0.409 e. The van der Waals surface area contributed by atoms with Gasteiger partial charge in [0.05, 0.1) is 0 Å². The van der Waals surface area contributed by atoms with Crippen molar-refractivity contribution in [3.63, 3.8) is 0 Å². The zero-order valence-electron chi connectivity index (χ0n) is 15.5. The van der Waals surface area contributed by atoms with E-state index in [-0.39, 0.29) is 24.4 Å². The first-order valence-electron chi connectivity index (χ1n) is 9.55. The van der Waals surface area contributed by atoms with Crippen molar-refractivity contribution in [1.29, 1.82) is 0 Å². The van der Waals surface area contributed by atoms with Crippen molar-refractivity contribution in [3.05, 3.63) is 47.5 Å². The van der Waals surface area contributed by atoms with E-state index in [1.165, 1.54) is 0 Å². The molecule has 0 aromatic heterocycles. The first-order valence-corrected chi connectivity index (χ1v) is 9.55. The lowest BCUT2D eigenvalue weighted by Gasteiger charge is -2.32. The molecule has 1 saturated heterocycles. The Hall–Kier alpha value is -2.08. The quantitative estimate of drug-likeness (QED) is 0.663. The van der Waals surface area contributed by atoms with Crippen LogP contribution in [0.15, 0.2) is 36.4 Å². The molecule has 2 aromatic carbocycles. The van der Waals surface area contributed by atoms with E-state index in [1.54, 1.807) is 12.1 Å². The van der Waals surface area contributed by atoms with Gasteiger partial charge in [0.15, 0.2) is 6.04 Å². The number of halogens is 3. The van der Waals surface area contributed by atoms with E-state index in [0.29, 0.717) is 17.4 Å². The molecule has 1 amide bonds. The van der Waals surface area contributed by atoms with Crippen molar-refractivity contribution in [2.24, 2.45) is 0 Å². The molecule has 1 aliphatic heterocycles. The number of amides is 1. The fourth-order valence-electron chi connectivity index (χ4n) is 3.81. The van der Waals surface area contributed by atoms with Crippen LogP contribution in [0, 0.1) is 0 Å². The molecule has 6 heteroatoms. The summed E-state index contributed by atoms with van der Waals surface area (Å²) in [4.78, 5) is 11.6. The molecule has 1 atom stereocenters. The van der Waals surface area contributed by atoms with Gasteiger partial charge in [-0.25, -0.2) is 5.01 Å². The van der Waals surface area contributed by atoms with Crippen molar-refractivity contribution >= 4 is 16.7 Å². The lowest BCUT2D eigenvalue weighted by Crippen LogP contribution is -2.44. The van der Waals surface area contributed by atoms with Gasteiger partial charge < -0.3 is 0 Å². The normalized spacial score (nSPS) is 16.7. The van der Waals surface area contributed by atoms with Crippen LogP contribution in [0.3, 0.4) is 0 Å². The van der Waals surface area contributed by atoms with Crippen molar-refractivity contribution in [3.8, 4) is 0 Å². The van der Waals surface area contributed by atoms with Gasteiger partial charge in [-0.2, -0.15) is 13.2 Å². The molecule has 3 nitrogen and oxygen atoms in total. The number of nitrogens with one attached hydrogen (secondary N) is 1. The minimum absolute atomic E-state index is 0.0570. The van der Waals surface area contributed by atoms with Gasteiger partial charge >= 0.3 is 6.18 Å². The summed E-state index contributed by atoms with van der Waals surface area (Å²) in [7, 11) is 0. The maximum absolute atomic E-state index is 14.1. The number of rotatable bonds is 7. The third-order valence-corrected chi connectivity index (χ3v) is 5.10. The number of unbranched alkanes of at least 4 members (excludes halogenated alkanes) is 3. The Morgan fingerprint density at radius 1 is 1.11 bits per heavy atom. The lowest BCUT2D eigenvalue weighted by molar-refractivity contribution is -0.190. The molecular weight excluding hydrogens is 353 g/mol. The monoisotopic (exact) mass is 378 g/mol. The maximum atomic E-state index is 14.1. The number of hydrogen-bond donors (Lipinski definition) is 1. The summed E-state index contributed by atoms with van der Waals surface area (Å²) in [5, 5.41) is 2.44. The summed E-state index contributed by atoms with van der Waals surface area (Å²) in [5.41, 5.74) is 3.39. The largest absolute Gasteiger partial charge is 0.409 e. The molecule has 0 bridgehead atoms. The zero-order valence-corrected chi connectivity index (χ0v) is 15.5. The van der Waals surface area contributed by atoms with Crippen molar-refractivity contribution in [2.75, 3.05) is 6.54 Å². The molecule has 0 aliphatic carbocycles. The molecule has 0 radical (unpaired) electrons. The summed E-state index contributed by atoms with van der Waals surface area (Å²) in [6.45, 7) is 2.17. The molecule has 3 rings (SSSR count). The molecule has 0 saturated carbocycles. The highest BCUT2D eigenvalue weighted by atomic mass is 19.4. The standard InChI is InChI=1S/C21H25F3N2O/c1-2-3-4-5-9-16-12-11-15-8-6-7-10-17(15)19(16)20(21(22,23)24)26-14-13-18(27)25-26/h6-8,10-12,20H,2-5,9,13-14H2,1H3,(H,25,27)/t20-/m0/s1. The summed E-state index contributed by atoms with van der Waals surface area (Å²) in [6.07, 6.45) is 0.219. The van der Waals surface area contributed by atoms with E-state index in [2.05, 4.69) is 12.3 Å². The number of carbonyl (C=O) groups is 1. The van der Waals surface area contributed by atoms with Gasteiger partial charge in [-0.1, -0.05) is 62.6 Å². The number of hydrazine groups is 1. The molecule has 1 N–H and O–H groups in total. The Bertz CT molecular complexity index is 804. The average Bonchev–Trinajstić information content (AvgIpc) is 3.04. The Labute approximate surface area is 157 Å². The van der Waals surface area contributed by atoms with Gasteiger partial charge in [-0.05, 0) is 34.7 Å². The lowest BCUT2D eigenvalue weighted by atomic mass is 9.90. The number of hydrogen-bond acceptors (Lipinski definition) is 2. The molecule has 1 fully saturated rings. The highest BCUT2D eigenvalue weighted by Crippen LogP contribution is 2.42.